The van der Waals surface area contributed by atoms with Gasteiger partial charge in [0.05, 0.1) is 6.07 Å². The van der Waals surface area contributed by atoms with Crippen LogP contribution in [0.1, 0.15) is 39.0 Å². The molecule has 1 fully saturated rings. The summed E-state index contributed by atoms with van der Waals surface area (Å²) in [6, 6.07) is 2.60. The summed E-state index contributed by atoms with van der Waals surface area (Å²) in [6.07, 6.45) is 5.64. The Labute approximate surface area is 125 Å². The van der Waals surface area contributed by atoms with Crippen molar-refractivity contribution in [2.24, 2.45) is 5.92 Å². The van der Waals surface area contributed by atoms with E-state index >= 15 is 0 Å². The average Bonchev–Trinajstić information content (AvgIpc) is 2.84. The van der Waals surface area contributed by atoms with Crippen LogP contribution in [-0.4, -0.2) is 62.7 Å². The van der Waals surface area contributed by atoms with Gasteiger partial charge in [-0.25, -0.2) is 0 Å². The number of rotatable bonds is 9. The molecule has 0 aromatic carbocycles. The van der Waals surface area contributed by atoms with E-state index < -0.39 is 0 Å². The standard InChI is InChI=1S/C16H32N4/c1-5-10-18-16(14-17)9-6-7-15(16)8-11-20(4)13-12-19(2)3/h15,18H,5-13H2,1-4H3. The highest BCUT2D eigenvalue weighted by Crippen LogP contribution is 2.37. The molecule has 0 bridgehead atoms. The molecule has 2 unspecified atom stereocenters. The van der Waals surface area contributed by atoms with Gasteiger partial charge in [-0.1, -0.05) is 13.3 Å². The zero-order chi connectivity index (χ0) is 15.0. The lowest BCUT2D eigenvalue weighted by molar-refractivity contribution is 0.234. The zero-order valence-electron chi connectivity index (χ0n) is 13.8. The molecule has 1 aliphatic rings. The molecule has 4 heteroatoms. The van der Waals surface area contributed by atoms with Crippen LogP contribution >= 0.6 is 0 Å². The molecule has 0 heterocycles. The lowest BCUT2D eigenvalue weighted by Gasteiger charge is -2.31. The Kier molecular flexibility index (Phi) is 7.50. The van der Waals surface area contributed by atoms with Crippen molar-refractivity contribution in [3.8, 4) is 6.07 Å². The first-order valence-electron chi connectivity index (χ1n) is 8.03. The summed E-state index contributed by atoms with van der Waals surface area (Å²) in [5.74, 6) is 0.515. The van der Waals surface area contributed by atoms with Crippen LogP contribution in [0.4, 0.5) is 0 Å². The fourth-order valence-corrected chi connectivity index (χ4v) is 3.09. The molecule has 0 saturated heterocycles. The number of hydrogen-bond acceptors (Lipinski definition) is 4. The van der Waals surface area contributed by atoms with E-state index in [0.29, 0.717) is 5.92 Å². The van der Waals surface area contributed by atoms with Gasteiger partial charge in [-0.15, -0.1) is 0 Å². The molecule has 116 valence electrons. The molecule has 0 radical (unpaired) electrons. The number of nitrogens with one attached hydrogen (secondary N) is 1. The topological polar surface area (TPSA) is 42.3 Å². The van der Waals surface area contributed by atoms with Crippen molar-refractivity contribution in [2.45, 2.75) is 44.6 Å². The highest BCUT2D eigenvalue weighted by atomic mass is 15.1. The number of nitriles is 1. The van der Waals surface area contributed by atoms with Crippen LogP contribution in [0.25, 0.3) is 0 Å². The Balaban J connectivity index is 2.43. The van der Waals surface area contributed by atoms with Crippen LogP contribution in [0.15, 0.2) is 0 Å². The molecular weight excluding hydrogens is 248 g/mol. The van der Waals surface area contributed by atoms with E-state index in [4.69, 9.17) is 0 Å². The Bertz CT molecular complexity index is 310. The highest BCUT2D eigenvalue weighted by molar-refractivity contribution is 5.14. The Morgan fingerprint density at radius 3 is 2.60 bits per heavy atom. The molecule has 0 amide bonds. The smallest absolute Gasteiger partial charge is 0.109 e. The molecular formula is C16H32N4. The highest BCUT2D eigenvalue weighted by Gasteiger charge is 2.42. The van der Waals surface area contributed by atoms with Gasteiger partial charge in [0.2, 0.25) is 0 Å². The van der Waals surface area contributed by atoms with Gasteiger partial charge in [-0.2, -0.15) is 5.26 Å². The predicted molar refractivity (Wildman–Crippen MR) is 84.6 cm³/mol. The van der Waals surface area contributed by atoms with Crippen LogP contribution < -0.4 is 5.32 Å². The van der Waals surface area contributed by atoms with E-state index in [2.05, 4.69) is 49.3 Å². The molecule has 20 heavy (non-hydrogen) atoms. The summed E-state index contributed by atoms with van der Waals surface area (Å²) in [7, 11) is 6.41. The lowest BCUT2D eigenvalue weighted by atomic mass is 9.85. The van der Waals surface area contributed by atoms with Crippen molar-refractivity contribution < 1.29 is 0 Å². The third-order valence-corrected chi connectivity index (χ3v) is 4.50. The molecule has 2 atom stereocenters. The third-order valence-electron chi connectivity index (χ3n) is 4.50. The molecule has 1 aliphatic carbocycles. The fraction of sp³-hybridized carbons (Fsp3) is 0.938. The molecule has 0 aromatic heterocycles. The maximum atomic E-state index is 9.62. The molecule has 1 rings (SSSR count). The van der Waals surface area contributed by atoms with Crippen LogP contribution in [0.2, 0.25) is 0 Å². The second-order valence-corrected chi connectivity index (χ2v) is 6.49. The van der Waals surface area contributed by atoms with Gasteiger partial charge in [-0.3, -0.25) is 5.32 Å². The monoisotopic (exact) mass is 280 g/mol. The van der Waals surface area contributed by atoms with Gasteiger partial charge in [-0.05, 0) is 65.8 Å². The van der Waals surface area contributed by atoms with Crippen molar-refractivity contribution in [2.75, 3.05) is 47.3 Å². The van der Waals surface area contributed by atoms with Gasteiger partial charge in [0.15, 0.2) is 0 Å². The zero-order valence-corrected chi connectivity index (χ0v) is 13.8. The van der Waals surface area contributed by atoms with Crippen molar-refractivity contribution in [1.29, 1.82) is 5.26 Å². The fourth-order valence-electron chi connectivity index (χ4n) is 3.09. The predicted octanol–water partition coefficient (Wildman–Crippen LogP) is 1.93. The van der Waals surface area contributed by atoms with E-state index in [1.807, 2.05) is 0 Å². The van der Waals surface area contributed by atoms with Gasteiger partial charge in [0.1, 0.15) is 5.54 Å². The minimum Gasteiger partial charge on any atom is -0.308 e. The number of nitrogens with zero attached hydrogens (tertiary/aromatic N) is 3. The summed E-state index contributed by atoms with van der Waals surface area (Å²) in [6.45, 7) is 6.41. The summed E-state index contributed by atoms with van der Waals surface area (Å²) < 4.78 is 0. The third kappa shape index (κ3) is 5.05. The first kappa shape index (κ1) is 17.4. The molecule has 4 nitrogen and oxygen atoms in total. The number of hydrogen-bond donors (Lipinski definition) is 1. The van der Waals surface area contributed by atoms with Crippen molar-refractivity contribution in [1.82, 2.24) is 15.1 Å². The van der Waals surface area contributed by atoms with Gasteiger partial charge in [0, 0.05) is 13.1 Å². The van der Waals surface area contributed by atoms with Gasteiger partial charge in [0.25, 0.3) is 0 Å². The van der Waals surface area contributed by atoms with Crippen molar-refractivity contribution >= 4 is 0 Å². The Morgan fingerprint density at radius 1 is 1.25 bits per heavy atom. The quantitative estimate of drug-likeness (QED) is 0.701. The van der Waals surface area contributed by atoms with Crippen LogP contribution in [0.3, 0.4) is 0 Å². The SMILES string of the molecule is CCCNC1(C#N)CCCC1CCN(C)CCN(C)C. The second-order valence-electron chi connectivity index (χ2n) is 6.49. The van der Waals surface area contributed by atoms with E-state index in [1.54, 1.807) is 0 Å². The van der Waals surface area contributed by atoms with Crippen LogP contribution in [-0.2, 0) is 0 Å². The first-order chi connectivity index (χ1) is 9.54. The van der Waals surface area contributed by atoms with Crippen LogP contribution in [0, 0.1) is 17.2 Å². The summed E-state index contributed by atoms with van der Waals surface area (Å²) in [5, 5.41) is 13.2. The maximum Gasteiger partial charge on any atom is 0.109 e. The van der Waals surface area contributed by atoms with E-state index in [1.165, 1.54) is 12.8 Å². The summed E-state index contributed by atoms with van der Waals surface area (Å²) in [4.78, 5) is 4.61. The molecule has 0 aliphatic heterocycles. The minimum absolute atomic E-state index is 0.252. The first-order valence-corrected chi connectivity index (χ1v) is 8.03. The van der Waals surface area contributed by atoms with E-state index in [9.17, 15) is 5.26 Å². The largest absolute Gasteiger partial charge is 0.308 e. The Hall–Kier alpha value is -0.630. The average molecular weight is 280 g/mol. The Morgan fingerprint density at radius 2 is 2.00 bits per heavy atom. The molecule has 0 aromatic rings. The van der Waals surface area contributed by atoms with Crippen molar-refractivity contribution in [3.63, 3.8) is 0 Å². The van der Waals surface area contributed by atoms with Gasteiger partial charge >= 0.3 is 0 Å². The summed E-state index contributed by atoms with van der Waals surface area (Å²) >= 11 is 0. The van der Waals surface area contributed by atoms with E-state index in [-0.39, 0.29) is 5.54 Å². The normalized spacial score (nSPS) is 26.4. The summed E-state index contributed by atoms with van der Waals surface area (Å²) in [5.41, 5.74) is -0.252. The minimum atomic E-state index is -0.252. The second kappa shape index (κ2) is 8.61. The van der Waals surface area contributed by atoms with Crippen molar-refractivity contribution in [3.05, 3.63) is 0 Å². The molecule has 1 N–H and O–H groups in total. The van der Waals surface area contributed by atoms with E-state index in [0.717, 1.165) is 45.4 Å². The molecule has 0 spiro atoms. The maximum absolute atomic E-state index is 9.62. The van der Waals surface area contributed by atoms with Gasteiger partial charge < -0.3 is 9.80 Å². The number of likely N-dealkylation sites (N-methyl/N-ethyl adjacent to an activating group) is 2. The van der Waals surface area contributed by atoms with Crippen LogP contribution in [0.5, 0.6) is 0 Å². The lowest BCUT2D eigenvalue weighted by Crippen LogP contribution is -2.48. The molecule has 1 saturated carbocycles.